The number of likely N-dealkylation sites (tertiary alicyclic amines) is 1. The van der Waals surface area contributed by atoms with Crippen molar-refractivity contribution >= 4 is 5.97 Å². The van der Waals surface area contributed by atoms with E-state index in [4.69, 9.17) is 4.74 Å². The standard InChI is InChI=1S/C17H31NO3/c1-17(2,3)12-7-8-14(16(19)20)15(10-12)18-9-5-6-13(11-18)21-4/h12-15H,5-11H2,1-4H3,(H,19,20). The molecule has 0 amide bonds. The number of aliphatic carboxylic acids is 1. The first kappa shape index (κ1) is 16.8. The maximum absolute atomic E-state index is 11.7. The van der Waals surface area contributed by atoms with E-state index in [0.717, 1.165) is 45.2 Å². The van der Waals surface area contributed by atoms with Gasteiger partial charge in [-0.1, -0.05) is 20.8 Å². The predicted octanol–water partition coefficient (Wildman–Crippen LogP) is 3.01. The molecule has 0 bridgehead atoms. The van der Waals surface area contributed by atoms with Gasteiger partial charge in [-0.2, -0.15) is 0 Å². The second kappa shape index (κ2) is 6.66. The van der Waals surface area contributed by atoms with Crippen molar-refractivity contribution in [2.75, 3.05) is 20.2 Å². The third-order valence-electron chi connectivity index (χ3n) is 5.57. The maximum atomic E-state index is 11.7. The van der Waals surface area contributed by atoms with E-state index in [9.17, 15) is 9.90 Å². The summed E-state index contributed by atoms with van der Waals surface area (Å²) in [7, 11) is 1.77. The van der Waals surface area contributed by atoms with Crippen molar-refractivity contribution in [2.24, 2.45) is 17.3 Å². The zero-order valence-electron chi connectivity index (χ0n) is 14.0. The summed E-state index contributed by atoms with van der Waals surface area (Å²) in [6.45, 7) is 8.75. The molecule has 21 heavy (non-hydrogen) atoms. The highest BCUT2D eigenvalue weighted by atomic mass is 16.5. The summed E-state index contributed by atoms with van der Waals surface area (Å²) in [4.78, 5) is 14.1. The molecular formula is C17H31NO3. The predicted molar refractivity (Wildman–Crippen MR) is 83.3 cm³/mol. The van der Waals surface area contributed by atoms with Crippen LogP contribution in [0.4, 0.5) is 0 Å². The molecule has 4 nitrogen and oxygen atoms in total. The Morgan fingerprint density at radius 3 is 2.52 bits per heavy atom. The second-order valence-electron chi connectivity index (χ2n) is 7.88. The average molecular weight is 297 g/mol. The van der Waals surface area contributed by atoms with E-state index in [1.165, 1.54) is 0 Å². The first-order chi connectivity index (χ1) is 9.82. The van der Waals surface area contributed by atoms with Crippen LogP contribution in [0.3, 0.4) is 0 Å². The number of rotatable bonds is 3. The third kappa shape index (κ3) is 3.98. The van der Waals surface area contributed by atoms with Gasteiger partial charge < -0.3 is 9.84 Å². The largest absolute Gasteiger partial charge is 0.481 e. The summed E-state index contributed by atoms with van der Waals surface area (Å²) in [5.74, 6) is -0.216. The number of carboxylic acids is 1. The number of ether oxygens (including phenoxy) is 1. The molecule has 1 heterocycles. The van der Waals surface area contributed by atoms with Crippen LogP contribution in [0, 0.1) is 17.3 Å². The molecule has 1 aliphatic heterocycles. The van der Waals surface area contributed by atoms with Gasteiger partial charge in [-0.25, -0.2) is 0 Å². The van der Waals surface area contributed by atoms with Crippen LogP contribution in [0.5, 0.6) is 0 Å². The minimum atomic E-state index is -0.619. The van der Waals surface area contributed by atoms with Gasteiger partial charge in [0.15, 0.2) is 0 Å². The van der Waals surface area contributed by atoms with E-state index in [1.807, 2.05) is 0 Å². The average Bonchev–Trinajstić information content (AvgIpc) is 2.45. The molecule has 1 aliphatic carbocycles. The normalized spacial score (nSPS) is 35.6. The van der Waals surface area contributed by atoms with Crippen LogP contribution in [-0.4, -0.2) is 48.3 Å². The first-order valence-electron chi connectivity index (χ1n) is 8.32. The van der Waals surface area contributed by atoms with Crippen molar-refractivity contribution < 1.29 is 14.6 Å². The lowest BCUT2D eigenvalue weighted by Crippen LogP contribution is -2.53. The number of hydrogen-bond acceptors (Lipinski definition) is 3. The molecule has 122 valence electrons. The van der Waals surface area contributed by atoms with E-state index >= 15 is 0 Å². The Morgan fingerprint density at radius 2 is 1.95 bits per heavy atom. The summed E-state index contributed by atoms with van der Waals surface area (Å²) in [5.41, 5.74) is 0.262. The number of carboxylic acid groups (broad SMARTS) is 1. The quantitative estimate of drug-likeness (QED) is 0.870. The van der Waals surface area contributed by atoms with Crippen molar-refractivity contribution in [1.82, 2.24) is 4.90 Å². The molecule has 0 aromatic rings. The lowest BCUT2D eigenvalue weighted by molar-refractivity contribution is -0.148. The van der Waals surface area contributed by atoms with Gasteiger partial charge in [0.25, 0.3) is 0 Å². The maximum Gasteiger partial charge on any atom is 0.308 e. The molecule has 0 spiro atoms. The van der Waals surface area contributed by atoms with Crippen molar-refractivity contribution in [3.8, 4) is 0 Å². The van der Waals surface area contributed by atoms with Crippen molar-refractivity contribution in [3.63, 3.8) is 0 Å². The SMILES string of the molecule is COC1CCCN(C2CC(C(C)(C)C)CCC2C(=O)O)C1. The van der Waals surface area contributed by atoms with Gasteiger partial charge in [0.05, 0.1) is 12.0 Å². The molecule has 4 unspecified atom stereocenters. The Bertz CT molecular complexity index is 364. The third-order valence-corrected chi connectivity index (χ3v) is 5.57. The topological polar surface area (TPSA) is 49.8 Å². The Balaban J connectivity index is 2.12. The van der Waals surface area contributed by atoms with Crippen molar-refractivity contribution in [1.29, 1.82) is 0 Å². The fourth-order valence-corrected chi connectivity index (χ4v) is 4.08. The van der Waals surface area contributed by atoms with E-state index in [1.54, 1.807) is 7.11 Å². The minimum Gasteiger partial charge on any atom is -0.481 e. The Labute approximate surface area is 128 Å². The van der Waals surface area contributed by atoms with Gasteiger partial charge in [-0.05, 0) is 50.0 Å². The van der Waals surface area contributed by atoms with Crippen molar-refractivity contribution in [2.45, 2.75) is 65.0 Å². The summed E-state index contributed by atoms with van der Waals surface area (Å²) in [6.07, 6.45) is 5.34. The van der Waals surface area contributed by atoms with Crippen LogP contribution >= 0.6 is 0 Å². The molecular weight excluding hydrogens is 266 g/mol. The summed E-state index contributed by atoms with van der Waals surface area (Å²) >= 11 is 0. The smallest absolute Gasteiger partial charge is 0.308 e. The number of methoxy groups -OCH3 is 1. The lowest BCUT2D eigenvalue weighted by Gasteiger charge is -2.47. The zero-order valence-corrected chi connectivity index (χ0v) is 14.0. The summed E-state index contributed by atoms with van der Waals surface area (Å²) in [5, 5.41) is 9.59. The first-order valence-corrected chi connectivity index (χ1v) is 8.32. The Kier molecular flexibility index (Phi) is 5.31. The minimum absolute atomic E-state index is 0.179. The molecule has 2 rings (SSSR count). The van der Waals surface area contributed by atoms with Gasteiger partial charge in [0, 0.05) is 19.7 Å². The number of nitrogens with zero attached hydrogens (tertiary/aromatic N) is 1. The zero-order chi connectivity index (χ0) is 15.6. The van der Waals surface area contributed by atoms with Crippen molar-refractivity contribution in [3.05, 3.63) is 0 Å². The monoisotopic (exact) mass is 297 g/mol. The molecule has 0 aromatic carbocycles. The molecule has 0 aromatic heterocycles. The fourth-order valence-electron chi connectivity index (χ4n) is 4.08. The van der Waals surface area contributed by atoms with Gasteiger partial charge in [-0.3, -0.25) is 9.69 Å². The van der Waals surface area contributed by atoms with Crippen LogP contribution in [0.1, 0.15) is 52.9 Å². The molecule has 1 saturated carbocycles. The van der Waals surface area contributed by atoms with Gasteiger partial charge in [0.1, 0.15) is 0 Å². The van der Waals surface area contributed by atoms with Gasteiger partial charge >= 0.3 is 5.97 Å². The van der Waals surface area contributed by atoms with E-state index < -0.39 is 5.97 Å². The summed E-state index contributed by atoms with van der Waals surface area (Å²) < 4.78 is 5.51. The van der Waals surface area contributed by atoms with Crippen LogP contribution in [0.2, 0.25) is 0 Å². The molecule has 1 N–H and O–H groups in total. The Hall–Kier alpha value is -0.610. The fraction of sp³-hybridized carbons (Fsp3) is 0.941. The van der Waals surface area contributed by atoms with Crippen LogP contribution in [0.15, 0.2) is 0 Å². The number of hydrogen-bond donors (Lipinski definition) is 1. The highest BCUT2D eigenvalue weighted by Gasteiger charge is 2.42. The lowest BCUT2D eigenvalue weighted by atomic mass is 9.67. The van der Waals surface area contributed by atoms with Gasteiger partial charge in [-0.15, -0.1) is 0 Å². The van der Waals surface area contributed by atoms with Gasteiger partial charge in [0.2, 0.25) is 0 Å². The van der Waals surface area contributed by atoms with Crippen LogP contribution < -0.4 is 0 Å². The summed E-state index contributed by atoms with van der Waals surface area (Å²) in [6, 6.07) is 0.179. The second-order valence-corrected chi connectivity index (χ2v) is 7.88. The number of carbonyl (C=O) groups is 1. The van der Waals surface area contributed by atoms with E-state index in [2.05, 4.69) is 25.7 Å². The molecule has 4 atom stereocenters. The number of piperidine rings is 1. The molecule has 1 saturated heterocycles. The molecule has 2 aliphatic rings. The van der Waals surface area contributed by atoms with Crippen LogP contribution in [0.25, 0.3) is 0 Å². The molecule has 2 fully saturated rings. The van der Waals surface area contributed by atoms with E-state index in [0.29, 0.717) is 5.92 Å². The highest BCUT2D eigenvalue weighted by molar-refractivity contribution is 5.71. The molecule has 0 radical (unpaired) electrons. The highest BCUT2D eigenvalue weighted by Crippen LogP contribution is 2.42. The Morgan fingerprint density at radius 1 is 1.24 bits per heavy atom. The van der Waals surface area contributed by atoms with E-state index in [-0.39, 0.29) is 23.5 Å². The molecule has 4 heteroatoms. The van der Waals surface area contributed by atoms with Crippen LogP contribution in [-0.2, 0) is 9.53 Å².